The predicted octanol–water partition coefficient (Wildman–Crippen LogP) is 3.09. The highest BCUT2D eigenvalue weighted by Crippen LogP contribution is 2.15. The van der Waals surface area contributed by atoms with Crippen LogP contribution >= 0.6 is 0 Å². The van der Waals surface area contributed by atoms with Crippen LogP contribution < -0.4 is 10.2 Å². The normalized spacial score (nSPS) is 10.2. The Morgan fingerprint density at radius 2 is 1.70 bits per heavy atom. The Hall–Kier alpha value is -2.62. The van der Waals surface area contributed by atoms with Crippen molar-refractivity contribution in [3.8, 4) is 0 Å². The number of nitrogens with zero attached hydrogens (tertiary/aromatic N) is 1. The van der Waals surface area contributed by atoms with Gasteiger partial charge < -0.3 is 10.2 Å². The maximum Gasteiger partial charge on any atom is 0.251 e. The minimum Gasteiger partial charge on any atom is -0.350 e. The molecule has 0 saturated heterocycles. The second-order valence-corrected chi connectivity index (χ2v) is 5.63. The summed E-state index contributed by atoms with van der Waals surface area (Å²) >= 11 is 0. The average molecular weight is 310 g/mol. The molecule has 0 heterocycles. The predicted molar refractivity (Wildman–Crippen MR) is 92.7 cm³/mol. The molecule has 0 unspecified atom stereocenters. The molecule has 4 heteroatoms. The molecule has 2 aromatic carbocycles. The van der Waals surface area contributed by atoms with E-state index in [1.165, 1.54) is 6.92 Å². The summed E-state index contributed by atoms with van der Waals surface area (Å²) in [5.41, 5.74) is 3.68. The van der Waals surface area contributed by atoms with E-state index in [2.05, 4.69) is 5.32 Å². The highest BCUT2D eigenvalue weighted by Gasteiger charge is 2.12. The highest BCUT2D eigenvalue weighted by atomic mass is 16.2. The summed E-state index contributed by atoms with van der Waals surface area (Å²) in [4.78, 5) is 25.6. The molecular formula is C19H22N2O2. The fourth-order valence-electron chi connectivity index (χ4n) is 2.35. The Bertz CT molecular complexity index is 693. The third-order valence-electron chi connectivity index (χ3n) is 3.63. The maximum absolute atomic E-state index is 12.1. The molecule has 23 heavy (non-hydrogen) atoms. The number of benzene rings is 2. The van der Waals surface area contributed by atoms with Gasteiger partial charge in [0, 0.05) is 31.3 Å². The number of carbonyl (C=O) groups is 2. The van der Waals surface area contributed by atoms with Crippen LogP contribution in [-0.2, 0) is 4.79 Å². The van der Waals surface area contributed by atoms with Crippen molar-refractivity contribution in [1.29, 1.82) is 0 Å². The summed E-state index contributed by atoms with van der Waals surface area (Å²) in [5, 5.41) is 2.86. The molecule has 0 aliphatic heterocycles. The van der Waals surface area contributed by atoms with Gasteiger partial charge in [-0.3, -0.25) is 9.59 Å². The second-order valence-electron chi connectivity index (χ2n) is 5.63. The second kappa shape index (κ2) is 7.58. The number of amides is 2. The van der Waals surface area contributed by atoms with Gasteiger partial charge in [0.25, 0.3) is 5.91 Å². The van der Waals surface area contributed by atoms with Crippen molar-refractivity contribution in [2.45, 2.75) is 20.8 Å². The highest BCUT2D eigenvalue weighted by molar-refractivity contribution is 5.94. The first kappa shape index (κ1) is 16.7. The standard InChI is InChI=1S/C19H22N2O2/c1-14-7-9-17(10-8-14)19(23)20-11-12-21(16(3)22)18-6-4-5-15(2)13-18/h4-10,13H,11-12H2,1-3H3,(H,20,23). The molecule has 0 spiro atoms. The van der Waals surface area contributed by atoms with Gasteiger partial charge in [0.05, 0.1) is 0 Å². The summed E-state index contributed by atoms with van der Waals surface area (Å²) in [6, 6.07) is 15.2. The van der Waals surface area contributed by atoms with E-state index in [0.29, 0.717) is 18.7 Å². The summed E-state index contributed by atoms with van der Waals surface area (Å²) in [6.45, 7) is 6.34. The molecule has 0 aliphatic rings. The minimum absolute atomic E-state index is 0.0415. The third kappa shape index (κ3) is 4.68. The van der Waals surface area contributed by atoms with Crippen LogP contribution in [0.1, 0.15) is 28.4 Å². The first-order valence-electron chi connectivity index (χ1n) is 7.67. The first-order valence-corrected chi connectivity index (χ1v) is 7.67. The van der Waals surface area contributed by atoms with E-state index in [1.807, 2.05) is 50.2 Å². The lowest BCUT2D eigenvalue weighted by Crippen LogP contribution is -2.37. The Kier molecular flexibility index (Phi) is 5.52. The van der Waals surface area contributed by atoms with E-state index < -0.39 is 0 Å². The zero-order chi connectivity index (χ0) is 16.8. The van der Waals surface area contributed by atoms with Crippen molar-refractivity contribution in [1.82, 2.24) is 5.32 Å². The van der Waals surface area contributed by atoms with Crippen LogP contribution in [0.15, 0.2) is 48.5 Å². The molecule has 2 amide bonds. The molecule has 0 atom stereocenters. The van der Waals surface area contributed by atoms with Gasteiger partial charge >= 0.3 is 0 Å². The third-order valence-corrected chi connectivity index (χ3v) is 3.63. The Labute approximate surface area is 137 Å². The van der Waals surface area contributed by atoms with Crippen molar-refractivity contribution in [2.75, 3.05) is 18.0 Å². The van der Waals surface area contributed by atoms with Crippen LogP contribution in [0, 0.1) is 13.8 Å². The molecule has 0 bridgehead atoms. The Morgan fingerprint density at radius 3 is 2.30 bits per heavy atom. The fraction of sp³-hybridized carbons (Fsp3) is 0.263. The molecule has 2 aromatic rings. The molecular weight excluding hydrogens is 288 g/mol. The van der Waals surface area contributed by atoms with Crippen LogP contribution in [0.25, 0.3) is 0 Å². The molecule has 0 radical (unpaired) electrons. The summed E-state index contributed by atoms with van der Waals surface area (Å²) < 4.78 is 0. The van der Waals surface area contributed by atoms with E-state index >= 15 is 0 Å². The van der Waals surface area contributed by atoms with E-state index in [1.54, 1.807) is 17.0 Å². The number of nitrogens with one attached hydrogen (secondary N) is 1. The van der Waals surface area contributed by atoms with Crippen LogP contribution in [0.4, 0.5) is 5.69 Å². The van der Waals surface area contributed by atoms with Gasteiger partial charge in [-0.1, -0.05) is 29.8 Å². The number of rotatable bonds is 5. The molecule has 0 aromatic heterocycles. The van der Waals surface area contributed by atoms with Gasteiger partial charge in [-0.2, -0.15) is 0 Å². The largest absolute Gasteiger partial charge is 0.350 e. The topological polar surface area (TPSA) is 49.4 Å². The van der Waals surface area contributed by atoms with Gasteiger partial charge in [0.2, 0.25) is 5.91 Å². The number of hydrogen-bond acceptors (Lipinski definition) is 2. The van der Waals surface area contributed by atoms with Crippen molar-refractivity contribution >= 4 is 17.5 Å². The van der Waals surface area contributed by atoms with Crippen LogP contribution in [0.3, 0.4) is 0 Å². The summed E-state index contributed by atoms with van der Waals surface area (Å²) in [7, 11) is 0. The molecule has 120 valence electrons. The summed E-state index contributed by atoms with van der Waals surface area (Å²) in [6.07, 6.45) is 0. The number of aryl methyl sites for hydroxylation is 2. The lowest BCUT2D eigenvalue weighted by atomic mass is 10.1. The van der Waals surface area contributed by atoms with Gasteiger partial charge in [-0.05, 0) is 43.7 Å². The number of carbonyl (C=O) groups excluding carboxylic acids is 2. The minimum atomic E-state index is -0.127. The van der Waals surface area contributed by atoms with E-state index in [0.717, 1.165) is 16.8 Å². The zero-order valence-corrected chi connectivity index (χ0v) is 13.8. The molecule has 1 N–H and O–H groups in total. The van der Waals surface area contributed by atoms with E-state index in [-0.39, 0.29) is 11.8 Å². The SMILES string of the molecule is CC(=O)N(CCNC(=O)c1ccc(C)cc1)c1cccc(C)c1. The molecule has 4 nitrogen and oxygen atoms in total. The maximum atomic E-state index is 12.1. The van der Waals surface area contributed by atoms with Crippen LogP contribution in [-0.4, -0.2) is 24.9 Å². The van der Waals surface area contributed by atoms with E-state index in [4.69, 9.17) is 0 Å². The van der Waals surface area contributed by atoms with Gasteiger partial charge in [-0.25, -0.2) is 0 Å². The zero-order valence-electron chi connectivity index (χ0n) is 13.8. The van der Waals surface area contributed by atoms with Gasteiger partial charge in [0.15, 0.2) is 0 Å². The van der Waals surface area contributed by atoms with Gasteiger partial charge in [-0.15, -0.1) is 0 Å². The van der Waals surface area contributed by atoms with Crippen LogP contribution in [0.2, 0.25) is 0 Å². The number of hydrogen-bond donors (Lipinski definition) is 1. The van der Waals surface area contributed by atoms with Crippen molar-refractivity contribution < 1.29 is 9.59 Å². The molecule has 0 fully saturated rings. The average Bonchev–Trinajstić information content (AvgIpc) is 2.51. The summed E-state index contributed by atoms with van der Waals surface area (Å²) in [5.74, 6) is -0.169. The van der Waals surface area contributed by atoms with Crippen molar-refractivity contribution in [3.05, 3.63) is 65.2 Å². The monoisotopic (exact) mass is 310 g/mol. The quantitative estimate of drug-likeness (QED) is 0.922. The lowest BCUT2D eigenvalue weighted by molar-refractivity contribution is -0.116. The smallest absolute Gasteiger partial charge is 0.251 e. The van der Waals surface area contributed by atoms with Crippen molar-refractivity contribution in [2.24, 2.45) is 0 Å². The van der Waals surface area contributed by atoms with E-state index in [9.17, 15) is 9.59 Å². The Balaban J connectivity index is 1.96. The first-order chi connectivity index (χ1) is 11.0. The van der Waals surface area contributed by atoms with Crippen molar-refractivity contribution in [3.63, 3.8) is 0 Å². The molecule has 2 rings (SSSR count). The van der Waals surface area contributed by atoms with Crippen LogP contribution in [0.5, 0.6) is 0 Å². The Morgan fingerprint density at radius 1 is 1.00 bits per heavy atom. The fourth-order valence-corrected chi connectivity index (χ4v) is 2.35. The van der Waals surface area contributed by atoms with Gasteiger partial charge in [0.1, 0.15) is 0 Å². The molecule has 0 saturated carbocycles. The lowest BCUT2D eigenvalue weighted by Gasteiger charge is -2.21. The molecule has 0 aliphatic carbocycles. The number of anilines is 1.